The Bertz CT molecular complexity index is 1150. The van der Waals surface area contributed by atoms with Crippen molar-refractivity contribution in [1.82, 2.24) is 9.55 Å². The zero-order valence-electron chi connectivity index (χ0n) is 16.9. The molecule has 0 aliphatic rings. The van der Waals surface area contributed by atoms with Crippen molar-refractivity contribution in [3.05, 3.63) is 58.9 Å². The summed E-state index contributed by atoms with van der Waals surface area (Å²) in [6.45, 7) is 1.76. The van der Waals surface area contributed by atoms with Crippen LogP contribution in [0, 0.1) is 0 Å². The van der Waals surface area contributed by atoms with Crippen LogP contribution in [0.2, 0.25) is 0 Å². The number of ether oxygens (including phenoxy) is 1. The van der Waals surface area contributed by atoms with E-state index >= 15 is 0 Å². The number of hydrogen-bond acceptors (Lipinski definition) is 6. The van der Waals surface area contributed by atoms with E-state index in [0.29, 0.717) is 28.2 Å². The molecule has 1 unspecified atom stereocenters. The van der Waals surface area contributed by atoms with Gasteiger partial charge in [-0.2, -0.15) is 0 Å². The zero-order chi connectivity index (χ0) is 23.3. The van der Waals surface area contributed by atoms with E-state index in [1.165, 1.54) is 16.7 Å². The van der Waals surface area contributed by atoms with Gasteiger partial charge in [-0.25, -0.2) is 4.98 Å². The van der Waals surface area contributed by atoms with Crippen LogP contribution < -0.4 is 15.6 Å². The van der Waals surface area contributed by atoms with Gasteiger partial charge in [0, 0.05) is 18.8 Å². The number of rotatable bonds is 8. The molecule has 3 aromatic rings. The van der Waals surface area contributed by atoms with Crippen LogP contribution in [0.25, 0.3) is 10.9 Å². The number of aliphatic hydroxyl groups excluding tert-OH is 1. The largest absolute Gasteiger partial charge is 0.573 e. The predicted molar refractivity (Wildman–Crippen MR) is 115 cm³/mol. The van der Waals surface area contributed by atoms with Gasteiger partial charge in [0.15, 0.2) is 5.16 Å². The van der Waals surface area contributed by atoms with Crippen LogP contribution in [0.15, 0.2) is 58.5 Å². The predicted octanol–water partition coefficient (Wildman–Crippen LogP) is 3.80. The summed E-state index contributed by atoms with van der Waals surface area (Å²) in [7, 11) is 0. The molecule has 7 nitrogen and oxygen atoms in total. The number of nitrogens with one attached hydrogen (secondary N) is 1. The van der Waals surface area contributed by atoms with E-state index in [-0.39, 0.29) is 18.7 Å². The summed E-state index contributed by atoms with van der Waals surface area (Å²) in [6.07, 6.45) is -4.45. The number of carbonyl (C=O) groups is 1. The maximum atomic E-state index is 12.9. The first kappa shape index (κ1) is 23.6. The minimum absolute atomic E-state index is 0.104. The average Bonchev–Trinajstić information content (AvgIpc) is 2.74. The average molecular weight is 467 g/mol. The Hall–Kier alpha value is -3.05. The van der Waals surface area contributed by atoms with Gasteiger partial charge in [-0.15, -0.1) is 13.2 Å². The highest BCUT2D eigenvalue weighted by atomic mass is 32.2. The Morgan fingerprint density at radius 1 is 1.22 bits per heavy atom. The summed E-state index contributed by atoms with van der Waals surface area (Å²) in [5.74, 6) is -0.818. The van der Waals surface area contributed by atoms with Crippen LogP contribution in [0.4, 0.5) is 18.9 Å². The lowest BCUT2D eigenvalue weighted by atomic mass is 10.2. The van der Waals surface area contributed by atoms with Crippen LogP contribution in [-0.4, -0.2) is 38.8 Å². The fourth-order valence-corrected chi connectivity index (χ4v) is 3.79. The minimum Gasteiger partial charge on any atom is -0.406 e. The molecule has 3 rings (SSSR count). The maximum absolute atomic E-state index is 12.9. The smallest absolute Gasteiger partial charge is 0.406 e. The molecule has 32 heavy (non-hydrogen) atoms. The van der Waals surface area contributed by atoms with Gasteiger partial charge in [-0.3, -0.25) is 14.2 Å². The lowest BCUT2D eigenvalue weighted by molar-refractivity contribution is -0.274. The molecule has 11 heteroatoms. The van der Waals surface area contributed by atoms with E-state index in [1.807, 2.05) is 0 Å². The number of fused-ring (bicyclic) bond motifs is 1. The second kappa shape index (κ2) is 10.0. The van der Waals surface area contributed by atoms with Gasteiger partial charge in [-0.05, 0) is 49.7 Å². The number of aliphatic hydroxyl groups is 1. The van der Waals surface area contributed by atoms with Crippen molar-refractivity contribution in [1.29, 1.82) is 0 Å². The first-order chi connectivity index (χ1) is 15.2. The topological polar surface area (TPSA) is 93.5 Å². The van der Waals surface area contributed by atoms with Crippen LogP contribution in [0.3, 0.4) is 0 Å². The molecule has 0 aliphatic carbocycles. The summed E-state index contributed by atoms with van der Waals surface area (Å²) in [5.41, 5.74) is 0.522. The van der Waals surface area contributed by atoms with Gasteiger partial charge in [0.05, 0.1) is 16.2 Å². The molecule has 1 aromatic heterocycles. The van der Waals surface area contributed by atoms with Crippen LogP contribution in [0.5, 0.6) is 5.75 Å². The summed E-state index contributed by atoms with van der Waals surface area (Å²) in [6, 6.07) is 11.6. The molecule has 0 spiro atoms. The monoisotopic (exact) mass is 467 g/mol. The standard InChI is InChI=1S/C21H20F3N3O4S/c1-13(18(29)25-14-7-9-15(10-8-14)31-21(22,23)24)32-20-26-17-6-3-2-5-16(17)19(30)27(20)11-4-12-28/h2-3,5-10,13,28H,4,11-12H2,1H3,(H,25,29). The molecule has 2 aromatic carbocycles. The SMILES string of the molecule is CC(Sc1nc2ccccc2c(=O)n1CCCO)C(=O)Nc1ccc(OC(F)(F)F)cc1. The van der Waals surface area contributed by atoms with Gasteiger partial charge in [0.1, 0.15) is 5.75 Å². The Morgan fingerprint density at radius 2 is 1.91 bits per heavy atom. The van der Waals surface area contributed by atoms with Gasteiger partial charge in [-0.1, -0.05) is 23.9 Å². The Kier molecular flexibility index (Phi) is 7.41. The number of aromatic nitrogens is 2. The van der Waals surface area contributed by atoms with Gasteiger partial charge in [0.2, 0.25) is 5.91 Å². The highest BCUT2D eigenvalue weighted by molar-refractivity contribution is 8.00. The maximum Gasteiger partial charge on any atom is 0.573 e. The molecule has 1 heterocycles. The lowest BCUT2D eigenvalue weighted by Crippen LogP contribution is -2.27. The molecule has 0 aliphatic heterocycles. The zero-order valence-corrected chi connectivity index (χ0v) is 17.7. The molecule has 1 amide bonds. The van der Waals surface area contributed by atoms with E-state index < -0.39 is 23.3 Å². The van der Waals surface area contributed by atoms with E-state index in [1.54, 1.807) is 31.2 Å². The molecule has 2 N–H and O–H groups in total. The number of thioether (sulfide) groups is 1. The molecule has 0 radical (unpaired) electrons. The molecule has 0 saturated heterocycles. The number of para-hydroxylation sites is 1. The fraction of sp³-hybridized carbons (Fsp3) is 0.286. The van der Waals surface area contributed by atoms with Crippen molar-refractivity contribution < 1.29 is 27.8 Å². The van der Waals surface area contributed by atoms with Crippen molar-refractivity contribution in [2.45, 2.75) is 36.7 Å². The molecule has 0 fully saturated rings. The second-order valence-electron chi connectivity index (χ2n) is 6.77. The van der Waals surface area contributed by atoms with E-state index in [4.69, 9.17) is 5.11 Å². The first-order valence-electron chi connectivity index (χ1n) is 9.61. The number of carbonyl (C=O) groups excluding carboxylic acids is 1. The van der Waals surface area contributed by atoms with Crippen molar-refractivity contribution in [2.24, 2.45) is 0 Å². The number of amides is 1. The quantitative estimate of drug-likeness (QED) is 0.387. The summed E-state index contributed by atoms with van der Waals surface area (Å²) in [5, 5.41) is 11.9. The molecular weight excluding hydrogens is 447 g/mol. The third-order valence-corrected chi connectivity index (χ3v) is 5.46. The molecule has 1 atom stereocenters. The summed E-state index contributed by atoms with van der Waals surface area (Å²) < 4.78 is 42.0. The van der Waals surface area contributed by atoms with Crippen molar-refractivity contribution in [2.75, 3.05) is 11.9 Å². The van der Waals surface area contributed by atoms with Crippen molar-refractivity contribution >= 4 is 34.3 Å². The highest BCUT2D eigenvalue weighted by Gasteiger charge is 2.31. The number of halogens is 3. The van der Waals surface area contributed by atoms with E-state index in [9.17, 15) is 22.8 Å². The van der Waals surface area contributed by atoms with Crippen molar-refractivity contribution in [3.63, 3.8) is 0 Å². The highest BCUT2D eigenvalue weighted by Crippen LogP contribution is 2.26. The van der Waals surface area contributed by atoms with Gasteiger partial charge >= 0.3 is 6.36 Å². The van der Waals surface area contributed by atoms with Crippen LogP contribution in [0.1, 0.15) is 13.3 Å². The van der Waals surface area contributed by atoms with Gasteiger partial charge < -0.3 is 15.2 Å². The molecule has 170 valence electrons. The Balaban J connectivity index is 1.76. The molecular formula is C21H20F3N3O4S. The number of benzene rings is 2. The first-order valence-corrected chi connectivity index (χ1v) is 10.5. The van der Waals surface area contributed by atoms with E-state index in [0.717, 1.165) is 23.9 Å². The Morgan fingerprint density at radius 3 is 2.56 bits per heavy atom. The lowest BCUT2D eigenvalue weighted by Gasteiger charge is -2.16. The normalized spacial score (nSPS) is 12.5. The summed E-state index contributed by atoms with van der Waals surface area (Å²) in [4.78, 5) is 30.0. The van der Waals surface area contributed by atoms with Crippen LogP contribution in [-0.2, 0) is 11.3 Å². The fourth-order valence-electron chi connectivity index (χ4n) is 2.86. The molecule has 0 saturated carbocycles. The Labute approximate surface area is 185 Å². The van der Waals surface area contributed by atoms with Crippen LogP contribution >= 0.6 is 11.8 Å². The van der Waals surface area contributed by atoms with Crippen molar-refractivity contribution in [3.8, 4) is 5.75 Å². The third-order valence-electron chi connectivity index (χ3n) is 4.37. The number of hydrogen-bond donors (Lipinski definition) is 2. The third kappa shape index (κ3) is 6.01. The summed E-state index contributed by atoms with van der Waals surface area (Å²) >= 11 is 1.07. The minimum atomic E-state index is -4.80. The number of nitrogens with zero attached hydrogens (tertiary/aromatic N) is 2. The van der Waals surface area contributed by atoms with Gasteiger partial charge in [0.25, 0.3) is 5.56 Å². The number of anilines is 1. The van der Waals surface area contributed by atoms with E-state index in [2.05, 4.69) is 15.0 Å². The second-order valence-corrected chi connectivity index (χ2v) is 8.07. The number of alkyl halides is 3. The molecule has 0 bridgehead atoms.